The molecule has 0 atom stereocenters. The van der Waals surface area contributed by atoms with Crippen molar-refractivity contribution in [2.75, 3.05) is 5.73 Å². The van der Waals surface area contributed by atoms with E-state index in [2.05, 4.69) is 21.9 Å². The van der Waals surface area contributed by atoms with Crippen LogP contribution in [-0.2, 0) is 13.0 Å². The number of hydrogen-bond donors (Lipinski definition) is 1. The fourth-order valence-corrected chi connectivity index (χ4v) is 2.14. The van der Waals surface area contributed by atoms with E-state index >= 15 is 0 Å². The Kier molecular flexibility index (Phi) is 2.54. The van der Waals surface area contributed by atoms with E-state index in [1.807, 2.05) is 17.7 Å². The van der Waals surface area contributed by atoms with Crippen molar-refractivity contribution in [1.82, 2.24) is 9.78 Å². The van der Waals surface area contributed by atoms with Gasteiger partial charge in [0.2, 0.25) is 0 Å². The second-order valence-corrected chi connectivity index (χ2v) is 4.10. The first-order chi connectivity index (χ1) is 6.75. The van der Waals surface area contributed by atoms with E-state index in [1.54, 1.807) is 11.3 Å². The molecule has 2 aromatic heterocycles. The Morgan fingerprint density at radius 1 is 1.57 bits per heavy atom. The van der Waals surface area contributed by atoms with Crippen molar-refractivity contribution < 1.29 is 0 Å². The molecule has 0 saturated carbocycles. The largest absolute Gasteiger partial charge is 0.382 e. The van der Waals surface area contributed by atoms with Crippen LogP contribution in [0.1, 0.15) is 11.3 Å². The van der Waals surface area contributed by atoms with Gasteiger partial charge in [0.25, 0.3) is 0 Å². The SMILES string of the molecule is Cc1cc(N)nn1CCc1ccsc1. The Labute approximate surface area is 87.2 Å². The van der Waals surface area contributed by atoms with Gasteiger partial charge in [-0.15, -0.1) is 0 Å². The molecule has 2 N–H and O–H groups in total. The molecule has 0 aliphatic rings. The molecule has 0 aliphatic heterocycles. The number of rotatable bonds is 3. The molecule has 0 fully saturated rings. The molecule has 0 spiro atoms. The predicted octanol–water partition coefficient (Wildman–Crippen LogP) is 2.08. The summed E-state index contributed by atoms with van der Waals surface area (Å²) in [6, 6.07) is 4.04. The van der Waals surface area contributed by atoms with Gasteiger partial charge in [0.15, 0.2) is 0 Å². The second-order valence-electron chi connectivity index (χ2n) is 3.32. The molecule has 0 bridgehead atoms. The van der Waals surface area contributed by atoms with E-state index in [1.165, 1.54) is 5.56 Å². The van der Waals surface area contributed by atoms with Crippen molar-refractivity contribution in [3.63, 3.8) is 0 Å². The Hall–Kier alpha value is -1.29. The standard InChI is InChI=1S/C10H13N3S/c1-8-6-10(11)12-13(8)4-2-9-3-5-14-7-9/h3,5-7H,2,4H2,1H3,(H2,11,12). The quantitative estimate of drug-likeness (QED) is 0.837. The van der Waals surface area contributed by atoms with Gasteiger partial charge in [-0.2, -0.15) is 16.4 Å². The third-order valence-electron chi connectivity index (χ3n) is 2.19. The van der Waals surface area contributed by atoms with Crippen LogP contribution in [0.2, 0.25) is 0 Å². The number of hydrogen-bond acceptors (Lipinski definition) is 3. The van der Waals surface area contributed by atoms with Gasteiger partial charge in [0, 0.05) is 18.3 Å². The van der Waals surface area contributed by atoms with Crippen LogP contribution in [0.25, 0.3) is 0 Å². The molecule has 2 rings (SSSR count). The van der Waals surface area contributed by atoms with E-state index in [4.69, 9.17) is 5.73 Å². The lowest BCUT2D eigenvalue weighted by Gasteiger charge is -2.02. The van der Waals surface area contributed by atoms with E-state index in [0.29, 0.717) is 5.82 Å². The molecule has 0 saturated heterocycles. The van der Waals surface area contributed by atoms with Gasteiger partial charge in [0.05, 0.1) is 0 Å². The van der Waals surface area contributed by atoms with Crippen LogP contribution in [0, 0.1) is 6.92 Å². The minimum absolute atomic E-state index is 0.604. The zero-order valence-corrected chi connectivity index (χ0v) is 8.92. The van der Waals surface area contributed by atoms with Crippen molar-refractivity contribution >= 4 is 17.2 Å². The van der Waals surface area contributed by atoms with Gasteiger partial charge in [0.1, 0.15) is 5.82 Å². The Morgan fingerprint density at radius 3 is 3.00 bits per heavy atom. The summed E-state index contributed by atoms with van der Waals surface area (Å²) in [4.78, 5) is 0. The van der Waals surface area contributed by atoms with Crippen LogP contribution in [0.4, 0.5) is 5.82 Å². The Balaban J connectivity index is 2.01. The molecule has 74 valence electrons. The van der Waals surface area contributed by atoms with E-state index < -0.39 is 0 Å². The molecule has 0 radical (unpaired) electrons. The molecular weight excluding hydrogens is 194 g/mol. The van der Waals surface area contributed by atoms with Gasteiger partial charge in [-0.05, 0) is 35.7 Å². The van der Waals surface area contributed by atoms with Gasteiger partial charge in [-0.1, -0.05) is 0 Å². The van der Waals surface area contributed by atoms with Crippen LogP contribution < -0.4 is 5.73 Å². The summed E-state index contributed by atoms with van der Waals surface area (Å²) in [5.74, 6) is 0.604. The summed E-state index contributed by atoms with van der Waals surface area (Å²) in [5.41, 5.74) is 8.09. The van der Waals surface area contributed by atoms with Crippen LogP contribution in [-0.4, -0.2) is 9.78 Å². The lowest BCUT2D eigenvalue weighted by Crippen LogP contribution is -2.04. The Morgan fingerprint density at radius 2 is 2.43 bits per heavy atom. The number of aromatic nitrogens is 2. The fraction of sp³-hybridized carbons (Fsp3) is 0.300. The zero-order valence-electron chi connectivity index (χ0n) is 8.10. The highest BCUT2D eigenvalue weighted by Crippen LogP contribution is 2.09. The van der Waals surface area contributed by atoms with E-state index in [0.717, 1.165) is 18.7 Å². The molecular formula is C10H13N3S. The molecule has 14 heavy (non-hydrogen) atoms. The molecule has 2 heterocycles. The monoisotopic (exact) mass is 207 g/mol. The van der Waals surface area contributed by atoms with Crippen molar-refractivity contribution in [3.8, 4) is 0 Å². The molecule has 0 unspecified atom stereocenters. The first-order valence-corrected chi connectivity index (χ1v) is 5.51. The zero-order chi connectivity index (χ0) is 9.97. The molecule has 3 nitrogen and oxygen atoms in total. The van der Waals surface area contributed by atoms with Gasteiger partial charge in [-0.3, -0.25) is 4.68 Å². The summed E-state index contributed by atoms with van der Waals surface area (Å²) >= 11 is 1.73. The van der Waals surface area contributed by atoms with Crippen molar-refractivity contribution in [1.29, 1.82) is 0 Å². The highest BCUT2D eigenvalue weighted by molar-refractivity contribution is 7.07. The fourth-order valence-electron chi connectivity index (χ4n) is 1.43. The van der Waals surface area contributed by atoms with Crippen molar-refractivity contribution in [3.05, 3.63) is 34.2 Å². The van der Waals surface area contributed by atoms with Crippen LogP contribution >= 0.6 is 11.3 Å². The van der Waals surface area contributed by atoms with Crippen molar-refractivity contribution in [2.45, 2.75) is 19.9 Å². The number of thiophene rings is 1. The van der Waals surface area contributed by atoms with Gasteiger partial charge >= 0.3 is 0 Å². The van der Waals surface area contributed by atoms with E-state index in [9.17, 15) is 0 Å². The van der Waals surface area contributed by atoms with Crippen LogP contribution in [0.3, 0.4) is 0 Å². The maximum atomic E-state index is 5.60. The molecule has 4 heteroatoms. The number of anilines is 1. The number of nitrogens with zero attached hydrogens (tertiary/aromatic N) is 2. The molecule has 0 aliphatic carbocycles. The summed E-state index contributed by atoms with van der Waals surface area (Å²) in [6.07, 6.45) is 1.02. The summed E-state index contributed by atoms with van der Waals surface area (Å²) in [5, 5.41) is 8.47. The topological polar surface area (TPSA) is 43.8 Å². The minimum Gasteiger partial charge on any atom is -0.382 e. The lowest BCUT2D eigenvalue weighted by molar-refractivity contribution is 0.601. The number of nitrogens with two attached hydrogens (primary N) is 1. The number of aryl methyl sites for hydroxylation is 3. The van der Waals surface area contributed by atoms with E-state index in [-0.39, 0.29) is 0 Å². The third kappa shape index (κ3) is 1.96. The summed E-state index contributed by atoms with van der Waals surface area (Å²) in [6.45, 7) is 2.93. The maximum Gasteiger partial charge on any atom is 0.145 e. The maximum absolute atomic E-state index is 5.60. The van der Waals surface area contributed by atoms with Crippen LogP contribution in [0.15, 0.2) is 22.9 Å². The van der Waals surface area contributed by atoms with Gasteiger partial charge < -0.3 is 5.73 Å². The third-order valence-corrected chi connectivity index (χ3v) is 2.92. The molecule has 0 amide bonds. The normalized spacial score (nSPS) is 10.6. The van der Waals surface area contributed by atoms with Gasteiger partial charge in [-0.25, -0.2) is 0 Å². The predicted molar refractivity (Wildman–Crippen MR) is 59.4 cm³/mol. The average Bonchev–Trinajstić information content (AvgIpc) is 2.72. The van der Waals surface area contributed by atoms with Crippen molar-refractivity contribution in [2.24, 2.45) is 0 Å². The lowest BCUT2D eigenvalue weighted by atomic mass is 10.2. The summed E-state index contributed by atoms with van der Waals surface area (Å²) < 4.78 is 1.95. The number of nitrogen functional groups attached to an aromatic ring is 1. The minimum atomic E-state index is 0.604. The smallest absolute Gasteiger partial charge is 0.145 e. The summed E-state index contributed by atoms with van der Waals surface area (Å²) in [7, 11) is 0. The molecule has 0 aromatic carbocycles. The van der Waals surface area contributed by atoms with Crippen LogP contribution in [0.5, 0.6) is 0 Å². The highest BCUT2D eigenvalue weighted by atomic mass is 32.1. The first kappa shape index (κ1) is 9.27. The average molecular weight is 207 g/mol. The first-order valence-electron chi connectivity index (χ1n) is 4.57. The Bertz CT molecular complexity index is 403. The highest BCUT2D eigenvalue weighted by Gasteiger charge is 2.01. The second kappa shape index (κ2) is 3.84. The molecule has 2 aromatic rings.